The Hall–Kier alpha value is -2.76. The van der Waals surface area contributed by atoms with E-state index in [4.69, 9.17) is 0 Å². The van der Waals surface area contributed by atoms with E-state index in [0.29, 0.717) is 11.6 Å². The Labute approximate surface area is 138 Å². The van der Waals surface area contributed by atoms with Gasteiger partial charge in [-0.2, -0.15) is 0 Å². The summed E-state index contributed by atoms with van der Waals surface area (Å²) in [7, 11) is 0. The van der Waals surface area contributed by atoms with Gasteiger partial charge in [0.1, 0.15) is 11.6 Å². The molecule has 2 N–H and O–H groups in total. The van der Waals surface area contributed by atoms with Crippen LogP contribution < -0.4 is 10.6 Å². The summed E-state index contributed by atoms with van der Waals surface area (Å²) in [6.07, 6.45) is 0.787. The molecule has 0 radical (unpaired) electrons. The Kier molecular flexibility index (Phi) is 5.63. The molecule has 0 bridgehead atoms. The summed E-state index contributed by atoms with van der Waals surface area (Å²) in [5.74, 6) is -2.46. The number of nitrogens with one attached hydrogen (secondary N) is 2. The van der Waals surface area contributed by atoms with Crippen molar-refractivity contribution >= 4 is 17.5 Å². The number of rotatable bonds is 5. The van der Waals surface area contributed by atoms with Gasteiger partial charge in [0.2, 0.25) is 0 Å². The Bertz CT molecular complexity index is 762. The van der Waals surface area contributed by atoms with E-state index in [1.807, 2.05) is 13.8 Å². The van der Waals surface area contributed by atoms with Gasteiger partial charge in [0.15, 0.2) is 0 Å². The van der Waals surface area contributed by atoms with Gasteiger partial charge in [-0.1, -0.05) is 13.0 Å². The van der Waals surface area contributed by atoms with Crippen LogP contribution in [0.4, 0.5) is 14.5 Å². The number of carbonyl (C=O) groups is 2. The molecule has 0 heterocycles. The van der Waals surface area contributed by atoms with Crippen LogP contribution in [0.15, 0.2) is 42.5 Å². The molecule has 2 aromatic rings. The Morgan fingerprint density at radius 3 is 2.33 bits per heavy atom. The molecular weight excluding hydrogens is 314 g/mol. The highest BCUT2D eigenvalue weighted by Crippen LogP contribution is 2.16. The minimum atomic E-state index is -0.867. The molecule has 126 valence electrons. The predicted molar refractivity (Wildman–Crippen MR) is 88.0 cm³/mol. The smallest absolute Gasteiger partial charge is 0.255 e. The summed E-state index contributed by atoms with van der Waals surface area (Å²) in [6, 6.07) is 8.99. The van der Waals surface area contributed by atoms with Crippen LogP contribution in [0.5, 0.6) is 0 Å². The topological polar surface area (TPSA) is 58.2 Å². The number of hydrogen-bond acceptors (Lipinski definition) is 2. The maximum Gasteiger partial charge on any atom is 0.255 e. The van der Waals surface area contributed by atoms with Crippen LogP contribution >= 0.6 is 0 Å². The van der Waals surface area contributed by atoms with Gasteiger partial charge in [-0.3, -0.25) is 9.59 Å². The predicted octanol–water partition coefficient (Wildman–Crippen LogP) is 3.75. The van der Waals surface area contributed by atoms with Gasteiger partial charge in [-0.15, -0.1) is 0 Å². The van der Waals surface area contributed by atoms with E-state index in [1.54, 1.807) is 12.1 Å². The molecular formula is C18H18F2N2O2. The average molecular weight is 332 g/mol. The number of benzene rings is 2. The summed E-state index contributed by atoms with van der Waals surface area (Å²) >= 11 is 0. The van der Waals surface area contributed by atoms with Crippen LogP contribution in [0.25, 0.3) is 0 Å². The highest BCUT2D eigenvalue weighted by molar-refractivity contribution is 6.06. The molecule has 0 spiro atoms. The average Bonchev–Trinajstić information content (AvgIpc) is 2.57. The molecule has 24 heavy (non-hydrogen) atoms. The normalized spacial score (nSPS) is 11.7. The molecule has 0 aliphatic carbocycles. The second-order valence-electron chi connectivity index (χ2n) is 5.44. The van der Waals surface area contributed by atoms with Crippen LogP contribution in [-0.4, -0.2) is 17.9 Å². The third-order valence-corrected chi connectivity index (χ3v) is 3.56. The summed E-state index contributed by atoms with van der Waals surface area (Å²) < 4.78 is 26.5. The van der Waals surface area contributed by atoms with E-state index in [-0.39, 0.29) is 23.2 Å². The number of halogens is 2. The van der Waals surface area contributed by atoms with Gasteiger partial charge >= 0.3 is 0 Å². The lowest BCUT2D eigenvalue weighted by atomic mass is 10.1. The Morgan fingerprint density at radius 2 is 1.71 bits per heavy atom. The van der Waals surface area contributed by atoms with Crippen molar-refractivity contribution in [1.29, 1.82) is 0 Å². The second kappa shape index (κ2) is 7.68. The Morgan fingerprint density at radius 1 is 1.04 bits per heavy atom. The van der Waals surface area contributed by atoms with Crippen molar-refractivity contribution in [2.75, 3.05) is 5.32 Å². The van der Waals surface area contributed by atoms with Gasteiger partial charge in [0.25, 0.3) is 11.8 Å². The first-order chi connectivity index (χ1) is 11.4. The number of amides is 2. The highest BCUT2D eigenvalue weighted by atomic mass is 19.1. The molecule has 0 saturated carbocycles. The van der Waals surface area contributed by atoms with Gasteiger partial charge < -0.3 is 10.6 Å². The van der Waals surface area contributed by atoms with Crippen molar-refractivity contribution in [3.05, 3.63) is 65.2 Å². The van der Waals surface area contributed by atoms with E-state index in [9.17, 15) is 18.4 Å². The zero-order chi connectivity index (χ0) is 17.7. The van der Waals surface area contributed by atoms with Gasteiger partial charge in [0.05, 0.1) is 5.69 Å². The second-order valence-corrected chi connectivity index (χ2v) is 5.44. The summed E-state index contributed by atoms with van der Waals surface area (Å²) in [4.78, 5) is 24.3. The van der Waals surface area contributed by atoms with Crippen LogP contribution in [0, 0.1) is 11.6 Å². The molecule has 0 fully saturated rings. The highest BCUT2D eigenvalue weighted by Gasteiger charge is 2.13. The van der Waals surface area contributed by atoms with Crippen molar-refractivity contribution in [2.45, 2.75) is 26.3 Å². The fraction of sp³-hybridized carbons (Fsp3) is 0.222. The first-order valence-electron chi connectivity index (χ1n) is 7.58. The first-order valence-corrected chi connectivity index (χ1v) is 7.58. The number of hydrogen-bond donors (Lipinski definition) is 2. The van der Waals surface area contributed by atoms with Gasteiger partial charge in [0, 0.05) is 23.2 Å². The van der Waals surface area contributed by atoms with E-state index >= 15 is 0 Å². The van der Waals surface area contributed by atoms with Crippen molar-refractivity contribution in [3.8, 4) is 0 Å². The standard InChI is InChI=1S/C18H18F2N2O2/c1-3-11(2)21-17(23)12-5-4-6-13(9-12)18(24)22-16-8-7-14(19)10-15(16)20/h4-11H,3H2,1-2H3,(H,21,23)(H,22,24). The zero-order valence-corrected chi connectivity index (χ0v) is 13.4. The van der Waals surface area contributed by atoms with Crippen molar-refractivity contribution in [1.82, 2.24) is 5.32 Å². The molecule has 0 aromatic heterocycles. The fourth-order valence-electron chi connectivity index (χ4n) is 2.00. The molecule has 1 unspecified atom stereocenters. The number of carbonyl (C=O) groups excluding carboxylic acids is 2. The SMILES string of the molecule is CCC(C)NC(=O)c1cccc(C(=O)Nc2ccc(F)cc2F)c1. The fourth-order valence-corrected chi connectivity index (χ4v) is 2.00. The van der Waals surface area contributed by atoms with Crippen molar-refractivity contribution in [3.63, 3.8) is 0 Å². The summed E-state index contributed by atoms with van der Waals surface area (Å²) in [6.45, 7) is 3.83. The lowest BCUT2D eigenvalue weighted by molar-refractivity contribution is 0.0939. The minimum Gasteiger partial charge on any atom is -0.350 e. The molecule has 2 aromatic carbocycles. The third kappa shape index (κ3) is 4.38. The van der Waals surface area contributed by atoms with Gasteiger partial charge in [-0.05, 0) is 43.7 Å². The molecule has 2 amide bonds. The molecule has 6 heteroatoms. The summed E-state index contributed by atoms with van der Waals surface area (Å²) in [5, 5.41) is 5.16. The molecule has 0 saturated heterocycles. The van der Waals surface area contributed by atoms with Gasteiger partial charge in [-0.25, -0.2) is 8.78 Å². The van der Waals surface area contributed by atoms with E-state index in [0.717, 1.165) is 18.6 Å². The Balaban J connectivity index is 2.15. The molecule has 2 rings (SSSR count). The van der Waals surface area contributed by atoms with E-state index < -0.39 is 17.5 Å². The van der Waals surface area contributed by atoms with E-state index in [2.05, 4.69) is 10.6 Å². The summed E-state index contributed by atoms with van der Waals surface area (Å²) in [5.41, 5.74) is 0.411. The first kappa shape index (κ1) is 17.6. The minimum absolute atomic E-state index is 0.0169. The van der Waals surface area contributed by atoms with Crippen molar-refractivity contribution < 1.29 is 18.4 Å². The van der Waals surface area contributed by atoms with Crippen LogP contribution in [0.2, 0.25) is 0 Å². The lowest BCUT2D eigenvalue weighted by Gasteiger charge is -2.12. The molecule has 1 atom stereocenters. The largest absolute Gasteiger partial charge is 0.350 e. The maximum absolute atomic E-state index is 13.6. The molecule has 0 aliphatic rings. The number of anilines is 1. The lowest BCUT2D eigenvalue weighted by Crippen LogP contribution is -2.32. The van der Waals surface area contributed by atoms with E-state index in [1.165, 1.54) is 12.1 Å². The quantitative estimate of drug-likeness (QED) is 0.876. The van der Waals surface area contributed by atoms with Crippen LogP contribution in [-0.2, 0) is 0 Å². The molecule has 0 aliphatic heterocycles. The maximum atomic E-state index is 13.6. The van der Waals surface area contributed by atoms with Crippen molar-refractivity contribution in [2.24, 2.45) is 0 Å². The third-order valence-electron chi connectivity index (χ3n) is 3.56. The van der Waals surface area contributed by atoms with Crippen LogP contribution in [0.3, 0.4) is 0 Å². The van der Waals surface area contributed by atoms with Crippen LogP contribution in [0.1, 0.15) is 41.0 Å². The zero-order valence-electron chi connectivity index (χ0n) is 13.4. The monoisotopic (exact) mass is 332 g/mol. The molecule has 4 nitrogen and oxygen atoms in total.